The van der Waals surface area contributed by atoms with E-state index in [9.17, 15) is 0 Å². The second-order valence-electron chi connectivity index (χ2n) is 3.17. The molecule has 0 amide bonds. The van der Waals surface area contributed by atoms with E-state index in [1.165, 1.54) is 5.57 Å². The Morgan fingerprint density at radius 2 is 2.54 bits per heavy atom. The maximum Gasteiger partial charge on any atom is 0.127 e. The van der Waals surface area contributed by atoms with Gasteiger partial charge < -0.3 is 10.1 Å². The summed E-state index contributed by atoms with van der Waals surface area (Å²) in [4.78, 5) is 2.25. The highest BCUT2D eigenvalue weighted by atomic mass is 35.5. The van der Waals surface area contributed by atoms with Crippen LogP contribution >= 0.6 is 24.2 Å². The monoisotopic (exact) mass is 222 g/mol. The number of nitrogens with zero attached hydrogens (tertiary/aromatic N) is 1. The Kier molecular flexibility index (Phi) is 4.38. The summed E-state index contributed by atoms with van der Waals surface area (Å²) in [6.45, 7) is 2.88. The van der Waals surface area contributed by atoms with Gasteiger partial charge >= 0.3 is 0 Å². The van der Waals surface area contributed by atoms with Gasteiger partial charge in [0, 0.05) is 18.5 Å². The highest BCUT2D eigenvalue weighted by molar-refractivity contribution is 8.00. The van der Waals surface area contributed by atoms with Crippen molar-refractivity contribution in [2.75, 3.05) is 32.6 Å². The molecule has 76 valence electrons. The van der Waals surface area contributed by atoms with Crippen LogP contribution in [-0.2, 0) is 4.74 Å². The molecule has 0 aromatic heterocycles. The van der Waals surface area contributed by atoms with E-state index in [0.717, 1.165) is 25.6 Å². The van der Waals surface area contributed by atoms with Crippen LogP contribution in [0, 0.1) is 0 Å². The molecular weight excluding hydrogens is 208 g/mol. The highest BCUT2D eigenvalue weighted by Gasteiger charge is 2.22. The summed E-state index contributed by atoms with van der Waals surface area (Å²) in [5.74, 6) is 1.13. The SMILES string of the molecule is CN1CNC=C(C2OCCS2)C1.Cl. The molecule has 0 spiro atoms. The van der Waals surface area contributed by atoms with E-state index >= 15 is 0 Å². The maximum absolute atomic E-state index is 5.57. The average Bonchev–Trinajstić information content (AvgIpc) is 2.56. The summed E-state index contributed by atoms with van der Waals surface area (Å²) in [7, 11) is 2.11. The van der Waals surface area contributed by atoms with E-state index < -0.39 is 0 Å². The zero-order chi connectivity index (χ0) is 8.39. The van der Waals surface area contributed by atoms with Crippen LogP contribution in [0.4, 0.5) is 0 Å². The number of thioether (sulfide) groups is 1. The number of hydrogen-bond acceptors (Lipinski definition) is 4. The highest BCUT2D eigenvalue weighted by Crippen LogP contribution is 2.27. The number of nitrogens with one attached hydrogen (secondary N) is 1. The summed E-state index contributed by atoms with van der Waals surface area (Å²) in [6.07, 6.45) is 2.10. The van der Waals surface area contributed by atoms with Gasteiger partial charge in [0.15, 0.2) is 0 Å². The van der Waals surface area contributed by atoms with Crippen molar-refractivity contribution in [2.24, 2.45) is 0 Å². The molecule has 5 heteroatoms. The third-order valence-corrected chi connectivity index (χ3v) is 3.17. The molecular formula is C8H15ClN2OS. The van der Waals surface area contributed by atoms with Crippen molar-refractivity contribution in [1.29, 1.82) is 0 Å². The molecule has 2 heterocycles. The number of likely N-dealkylation sites (N-methyl/N-ethyl adjacent to an activating group) is 1. The number of halogens is 1. The molecule has 0 bridgehead atoms. The van der Waals surface area contributed by atoms with Crippen molar-refractivity contribution in [1.82, 2.24) is 10.2 Å². The topological polar surface area (TPSA) is 24.5 Å². The van der Waals surface area contributed by atoms with E-state index in [0.29, 0.717) is 5.44 Å². The Labute approximate surface area is 89.3 Å². The normalized spacial score (nSPS) is 29.0. The molecule has 1 saturated heterocycles. The van der Waals surface area contributed by atoms with Crippen LogP contribution < -0.4 is 5.32 Å². The lowest BCUT2D eigenvalue weighted by Crippen LogP contribution is -2.37. The van der Waals surface area contributed by atoms with Gasteiger partial charge in [0.05, 0.1) is 13.3 Å². The lowest BCUT2D eigenvalue weighted by atomic mass is 10.2. The molecule has 2 aliphatic rings. The fourth-order valence-electron chi connectivity index (χ4n) is 1.46. The molecule has 1 atom stereocenters. The molecule has 0 radical (unpaired) electrons. The van der Waals surface area contributed by atoms with Gasteiger partial charge in [0.2, 0.25) is 0 Å². The summed E-state index contributed by atoms with van der Waals surface area (Å²) in [5.41, 5.74) is 1.67. The van der Waals surface area contributed by atoms with Crippen molar-refractivity contribution in [3.8, 4) is 0 Å². The molecule has 0 saturated carbocycles. The van der Waals surface area contributed by atoms with Crippen molar-refractivity contribution >= 4 is 24.2 Å². The Morgan fingerprint density at radius 3 is 3.15 bits per heavy atom. The molecule has 1 fully saturated rings. The van der Waals surface area contributed by atoms with E-state index in [2.05, 4.69) is 23.5 Å². The molecule has 0 aliphatic carbocycles. The zero-order valence-electron chi connectivity index (χ0n) is 7.66. The maximum atomic E-state index is 5.57. The van der Waals surface area contributed by atoms with Crippen LogP contribution in [0.1, 0.15) is 0 Å². The lowest BCUT2D eigenvalue weighted by molar-refractivity contribution is 0.155. The second kappa shape index (κ2) is 5.10. The third kappa shape index (κ3) is 2.77. The van der Waals surface area contributed by atoms with Gasteiger partial charge in [-0.05, 0) is 12.6 Å². The fourth-order valence-corrected chi connectivity index (χ4v) is 2.42. The molecule has 1 N–H and O–H groups in total. The first kappa shape index (κ1) is 11.2. The molecule has 0 aromatic carbocycles. The summed E-state index contributed by atoms with van der Waals surface area (Å²) >= 11 is 1.89. The number of ether oxygens (including phenoxy) is 1. The molecule has 13 heavy (non-hydrogen) atoms. The minimum absolute atomic E-state index is 0. The molecule has 0 aromatic rings. The summed E-state index contributed by atoms with van der Waals surface area (Å²) in [6, 6.07) is 0. The lowest BCUT2D eigenvalue weighted by Gasteiger charge is -2.26. The van der Waals surface area contributed by atoms with Crippen molar-refractivity contribution in [3.63, 3.8) is 0 Å². The summed E-state index contributed by atoms with van der Waals surface area (Å²) < 4.78 is 5.57. The first-order chi connectivity index (χ1) is 5.86. The Balaban J connectivity index is 0.000000845. The zero-order valence-corrected chi connectivity index (χ0v) is 9.29. The van der Waals surface area contributed by atoms with Crippen LogP contribution in [-0.4, -0.2) is 43.0 Å². The van der Waals surface area contributed by atoms with E-state index in [-0.39, 0.29) is 12.4 Å². The van der Waals surface area contributed by atoms with Crippen LogP contribution in [0.3, 0.4) is 0 Å². The predicted molar refractivity (Wildman–Crippen MR) is 58.2 cm³/mol. The second-order valence-corrected chi connectivity index (χ2v) is 4.34. The van der Waals surface area contributed by atoms with E-state index in [1.807, 2.05) is 11.8 Å². The van der Waals surface area contributed by atoms with Gasteiger partial charge in [-0.2, -0.15) is 0 Å². The summed E-state index contributed by atoms with van der Waals surface area (Å²) in [5, 5.41) is 3.23. The van der Waals surface area contributed by atoms with E-state index in [1.54, 1.807) is 0 Å². The van der Waals surface area contributed by atoms with Gasteiger partial charge in [0.1, 0.15) is 5.44 Å². The smallest absolute Gasteiger partial charge is 0.127 e. The van der Waals surface area contributed by atoms with Gasteiger partial charge in [-0.1, -0.05) is 0 Å². The third-order valence-electron chi connectivity index (χ3n) is 2.03. The standard InChI is InChI=1S/C8H14N2OS.ClH/c1-10-5-7(4-9-6-10)8-11-2-3-12-8;/h4,8-9H,2-3,5-6H2,1H3;1H. The molecule has 1 unspecified atom stereocenters. The van der Waals surface area contributed by atoms with Crippen LogP contribution in [0.2, 0.25) is 0 Å². The number of rotatable bonds is 1. The average molecular weight is 223 g/mol. The first-order valence-electron chi connectivity index (χ1n) is 4.20. The van der Waals surface area contributed by atoms with Gasteiger partial charge in [-0.3, -0.25) is 4.90 Å². The molecule has 2 rings (SSSR count). The minimum Gasteiger partial charge on any atom is -0.378 e. The quantitative estimate of drug-likeness (QED) is 0.712. The van der Waals surface area contributed by atoms with Crippen LogP contribution in [0.15, 0.2) is 11.8 Å². The Bertz CT molecular complexity index is 195. The first-order valence-corrected chi connectivity index (χ1v) is 5.25. The Hall–Kier alpha value is 0.1000. The van der Waals surface area contributed by atoms with Crippen LogP contribution in [0.5, 0.6) is 0 Å². The molecule has 3 nitrogen and oxygen atoms in total. The predicted octanol–water partition coefficient (Wildman–Crippen LogP) is 0.874. The van der Waals surface area contributed by atoms with Gasteiger partial charge in [-0.15, -0.1) is 24.2 Å². The van der Waals surface area contributed by atoms with E-state index in [4.69, 9.17) is 4.74 Å². The van der Waals surface area contributed by atoms with Crippen LogP contribution in [0.25, 0.3) is 0 Å². The fraction of sp³-hybridized carbons (Fsp3) is 0.750. The minimum atomic E-state index is 0. The number of hydrogen-bond donors (Lipinski definition) is 1. The Morgan fingerprint density at radius 1 is 1.69 bits per heavy atom. The van der Waals surface area contributed by atoms with Crippen molar-refractivity contribution in [3.05, 3.63) is 11.8 Å². The largest absolute Gasteiger partial charge is 0.378 e. The van der Waals surface area contributed by atoms with Crippen molar-refractivity contribution in [2.45, 2.75) is 5.44 Å². The van der Waals surface area contributed by atoms with Gasteiger partial charge in [-0.25, -0.2) is 0 Å². The van der Waals surface area contributed by atoms with Crippen molar-refractivity contribution < 1.29 is 4.74 Å². The molecule has 2 aliphatic heterocycles. The van der Waals surface area contributed by atoms with Gasteiger partial charge in [0.25, 0.3) is 0 Å².